The van der Waals surface area contributed by atoms with E-state index in [-0.39, 0.29) is 24.4 Å². The molecule has 29 heavy (non-hydrogen) atoms. The van der Waals surface area contributed by atoms with E-state index < -0.39 is 11.6 Å². The average Bonchev–Trinajstić information content (AvgIpc) is 3.46. The number of carbonyl (C=O) groups is 3. The van der Waals surface area contributed by atoms with Crippen LogP contribution in [0.25, 0.3) is 0 Å². The molecule has 0 spiro atoms. The molecule has 2 fully saturated rings. The molecule has 4 rings (SSSR count). The first-order chi connectivity index (χ1) is 14.1. The lowest BCUT2D eigenvalue weighted by Crippen LogP contribution is -2.45. The van der Waals surface area contributed by atoms with E-state index in [1.54, 1.807) is 11.3 Å². The fraction of sp³-hybridized carbons (Fsp3) is 0.409. The Balaban J connectivity index is 1.55. The van der Waals surface area contributed by atoms with Gasteiger partial charge in [-0.15, -0.1) is 11.3 Å². The summed E-state index contributed by atoms with van der Waals surface area (Å²) in [6.07, 6.45) is 3.07. The fourth-order valence-corrected chi connectivity index (χ4v) is 5.32. The van der Waals surface area contributed by atoms with Crippen molar-refractivity contribution in [1.82, 2.24) is 15.1 Å². The quantitative estimate of drug-likeness (QED) is 0.738. The molecule has 0 saturated carbocycles. The first-order valence-corrected chi connectivity index (χ1v) is 11.0. The standard InChI is InChI=1S/C22H25N3O3S/c1-2-12-22(16-8-4-3-5-9-16)20(27)25(21(28)23-22)15-19(26)24-13-6-10-17(24)18-11-7-14-29-18/h3-5,7-9,11,14,17H,2,6,10,12-13,15H2,1H3,(H,23,28)/t17-,22-/m0/s1. The predicted molar refractivity (Wildman–Crippen MR) is 111 cm³/mol. The molecule has 0 aliphatic carbocycles. The Kier molecular flexibility index (Phi) is 5.41. The number of hydrogen-bond acceptors (Lipinski definition) is 4. The molecule has 1 aromatic carbocycles. The summed E-state index contributed by atoms with van der Waals surface area (Å²) in [5.41, 5.74) is -0.335. The topological polar surface area (TPSA) is 69.7 Å². The first kappa shape index (κ1) is 19.6. The summed E-state index contributed by atoms with van der Waals surface area (Å²) in [4.78, 5) is 43.2. The molecule has 7 heteroatoms. The van der Waals surface area contributed by atoms with Gasteiger partial charge in [0.25, 0.3) is 5.91 Å². The summed E-state index contributed by atoms with van der Waals surface area (Å²) in [5, 5.41) is 4.89. The number of amides is 4. The van der Waals surface area contributed by atoms with Crippen LogP contribution in [0.15, 0.2) is 47.8 Å². The number of hydrogen-bond donors (Lipinski definition) is 1. The van der Waals surface area contributed by atoms with Crippen LogP contribution in [-0.4, -0.2) is 40.7 Å². The van der Waals surface area contributed by atoms with Crippen LogP contribution in [0, 0.1) is 0 Å². The molecule has 1 N–H and O–H groups in total. The van der Waals surface area contributed by atoms with Gasteiger partial charge in [-0.3, -0.25) is 14.5 Å². The molecule has 2 saturated heterocycles. The van der Waals surface area contributed by atoms with Crippen LogP contribution in [0.4, 0.5) is 4.79 Å². The maximum atomic E-state index is 13.4. The number of likely N-dealkylation sites (tertiary alicyclic amines) is 1. The number of thiophene rings is 1. The van der Waals surface area contributed by atoms with E-state index in [9.17, 15) is 14.4 Å². The molecule has 4 amide bonds. The van der Waals surface area contributed by atoms with Gasteiger partial charge in [0.05, 0.1) is 6.04 Å². The highest BCUT2D eigenvalue weighted by Gasteiger charge is 2.52. The van der Waals surface area contributed by atoms with Crippen molar-refractivity contribution >= 4 is 29.2 Å². The second-order valence-electron chi connectivity index (χ2n) is 7.60. The number of imide groups is 1. The Morgan fingerprint density at radius 1 is 1.21 bits per heavy atom. The van der Waals surface area contributed by atoms with Crippen LogP contribution >= 0.6 is 11.3 Å². The second kappa shape index (κ2) is 7.99. The van der Waals surface area contributed by atoms with E-state index >= 15 is 0 Å². The number of benzene rings is 1. The Bertz CT molecular complexity index is 899. The van der Waals surface area contributed by atoms with Gasteiger partial charge < -0.3 is 10.2 Å². The lowest BCUT2D eigenvalue weighted by molar-refractivity contribution is -0.139. The molecule has 2 atom stereocenters. The fourth-order valence-electron chi connectivity index (χ4n) is 4.44. The number of carbonyl (C=O) groups excluding carboxylic acids is 3. The third-order valence-corrected chi connectivity index (χ3v) is 6.78. The van der Waals surface area contributed by atoms with Crippen molar-refractivity contribution < 1.29 is 14.4 Å². The number of rotatable bonds is 6. The largest absolute Gasteiger partial charge is 0.333 e. The Labute approximate surface area is 174 Å². The number of urea groups is 1. The van der Waals surface area contributed by atoms with E-state index in [2.05, 4.69) is 5.32 Å². The van der Waals surface area contributed by atoms with Gasteiger partial charge in [0.15, 0.2) is 0 Å². The van der Waals surface area contributed by atoms with Crippen molar-refractivity contribution in [2.24, 2.45) is 0 Å². The molecule has 6 nitrogen and oxygen atoms in total. The van der Waals surface area contributed by atoms with Crippen molar-refractivity contribution in [2.75, 3.05) is 13.1 Å². The molecule has 1 aromatic heterocycles. The lowest BCUT2D eigenvalue weighted by Gasteiger charge is -2.28. The minimum atomic E-state index is -1.09. The van der Waals surface area contributed by atoms with Gasteiger partial charge in [-0.25, -0.2) is 4.79 Å². The maximum absolute atomic E-state index is 13.4. The van der Waals surface area contributed by atoms with Crippen molar-refractivity contribution in [3.8, 4) is 0 Å². The van der Waals surface area contributed by atoms with Crippen LogP contribution < -0.4 is 5.32 Å². The highest BCUT2D eigenvalue weighted by molar-refractivity contribution is 7.10. The summed E-state index contributed by atoms with van der Waals surface area (Å²) in [5.74, 6) is -0.513. The Morgan fingerprint density at radius 3 is 2.69 bits per heavy atom. The van der Waals surface area contributed by atoms with Gasteiger partial charge in [-0.1, -0.05) is 49.7 Å². The van der Waals surface area contributed by atoms with Crippen LogP contribution in [0.2, 0.25) is 0 Å². The zero-order chi connectivity index (χ0) is 20.4. The average molecular weight is 412 g/mol. The Morgan fingerprint density at radius 2 is 2.00 bits per heavy atom. The highest BCUT2D eigenvalue weighted by atomic mass is 32.1. The first-order valence-electron chi connectivity index (χ1n) is 10.1. The molecule has 2 aliphatic rings. The third-order valence-electron chi connectivity index (χ3n) is 5.81. The molecular formula is C22H25N3O3S. The second-order valence-corrected chi connectivity index (χ2v) is 8.58. The van der Waals surface area contributed by atoms with Gasteiger partial charge in [-0.05, 0) is 36.3 Å². The van der Waals surface area contributed by atoms with Gasteiger partial charge >= 0.3 is 6.03 Å². The van der Waals surface area contributed by atoms with E-state index in [0.29, 0.717) is 13.0 Å². The zero-order valence-electron chi connectivity index (χ0n) is 16.5. The van der Waals surface area contributed by atoms with Gasteiger partial charge in [-0.2, -0.15) is 0 Å². The minimum absolute atomic E-state index is 0.0396. The van der Waals surface area contributed by atoms with Gasteiger partial charge in [0.2, 0.25) is 5.91 Å². The third kappa shape index (κ3) is 3.44. The summed E-state index contributed by atoms with van der Waals surface area (Å²) < 4.78 is 0. The normalized spacial score (nSPS) is 24.2. The highest BCUT2D eigenvalue weighted by Crippen LogP contribution is 2.36. The van der Waals surface area contributed by atoms with Crippen LogP contribution in [0.5, 0.6) is 0 Å². The van der Waals surface area contributed by atoms with Crippen LogP contribution in [-0.2, 0) is 15.1 Å². The molecule has 152 valence electrons. The summed E-state index contributed by atoms with van der Waals surface area (Å²) in [7, 11) is 0. The molecule has 3 heterocycles. The number of nitrogens with zero attached hydrogens (tertiary/aromatic N) is 2. The summed E-state index contributed by atoms with van der Waals surface area (Å²) in [6, 6.07) is 12.9. The lowest BCUT2D eigenvalue weighted by atomic mass is 9.85. The SMILES string of the molecule is CCC[C@@]1(c2ccccc2)NC(=O)N(CC(=O)N2CCC[C@H]2c2cccs2)C1=O. The van der Waals surface area contributed by atoms with Crippen molar-refractivity contribution in [2.45, 2.75) is 44.2 Å². The van der Waals surface area contributed by atoms with Gasteiger partial charge in [0, 0.05) is 11.4 Å². The summed E-state index contributed by atoms with van der Waals surface area (Å²) in [6.45, 7) is 2.42. The molecule has 0 unspecified atom stereocenters. The van der Waals surface area contributed by atoms with Crippen molar-refractivity contribution in [1.29, 1.82) is 0 Å². The zero-order valence-corrected chi connectivity index (χ0v) is 17.3. The monoisotopic (exact) mass is 411 g/mol. The van der Waals surface area contributed by atoms with E-state index in [0.717, 1.165) is 34.6 Å². The molecular weight excluding hydrogens is 386 g/mol. The van der Waals surface area contributed by atoms with E-state index in [1.807, 2.05) is 59.7 Å². The Hall–Kier alpha value is -2.67. The maximum Gasteiger partial charge on any atom is 0.325 e. The van der Waals surface area contributed by atoms with Crippen LogP contribution in [0.1, 0.15) is 49.1 Å². The smallest absolute Gasteiger partial charge is 0.325 e. The minimum Gasteiger partial charge on any atom is -0.333 e. The predicted octanol–water partition coefficient (Wildman–Crippen LogP) is 3.66. The van der Waals surface area contributed by atoms with Crippen molar-refractivity contribution in [3.63, 3.8) is 0 Å². The molecule has 2 aliphatic heterocycles. The molecule has 0 bridgehead atoms. The van der Waals surface area contributed by atoms with Crippen molar-refractivity contribution in [3.05, 3.63) is 58.3 Å². The van der Waals surface area contributed by atoms with E-state index in [1.165, 1.54) is 0 Å². The molecule has 0 radical (unpaired) electrons. The van der Waals surface area contributed by atoms with Gasteiger partial charge in [0.1, 0.15) is 12.1 Å². The van der Waals surface area contributed by atoms with Crippen LogP contribution in [0.3, 0.4) is 0 Å². The molecule has 2 aromatic rings. The summed E-state index contributed by atoms with van der Waals surface area (Å²) >= 11 is 1.64. The van der Waals surface area contributed by atoms with E-state index in [4.69, 9.17) is 0 Å². The number of nitrogens with one attached hydrogen (secondary N) is 1.